The first kappa shape index (κ1) is 16.5. The van der Waals surface area contributed by atoms with Gasteiger partial charge in [-0.1, -0.05) is 18.2 Å². The Balaban J connectivity index is 1.80. The predicted molar refractivity (Wildman–Crippen MR) is 95.1 cm³/mol. The molecule has 0 unspecified atom stereocenters. The van der Waals surface area contributed by atoms with Crippen molar-refractivity contribution < 1.29 is 9.90 Å². The fraction of sp³-hybridized carbons (Fsp3) is 0.444. The minimum atomic E-state index is -0.112. The fourth-order valence-corrected chi connectivity index (χ4v) is 3.17. The zero-order valence-electron chi connectivity index (χ0n) is 14.2. The van der Waals surface area contributed by atoms with Crippen LogP contribution in [0.1, 0.15) is 18.4 Å². The maximum atomic E-state index is 12.4. The van der Waals surface area contributed by atoms with Gasteiger partial charge in [-0.2, -0.15) is 0 Å². The average molecular weight is 328 g/mol. The molecule has 24 heavy (non-hydrogen) atoms. The van der Waals surface area contributed by atoms with Crippen molar-refractivity contribution in [2.45, 2.75) is 25.4 Å². The van der Waals surface area contributed by atoms with Gasteiger partial charge in [-0.15, -0.1) is 0 Å². The van der Waals surface area contributed by atoms with Crippen LogP contribution in [0, 0.1) is 0 Å². The second-order valence-corrected chi connectivity index (χ2v) is 6.38. The summed E-state index contributed by atoms with van der Waals surface area (Å²) >= 11 is 0. The van der Waals surface area contributed by atoms with Crippen LogP contribution in [0.5, 0.6) is 0 Å². The summed E-state index contributed by atoms with van der Waals surface area (Å²) in [6, 6.07) is 9.79. The Labute approximate surface area is 142 Å². The summed E-state index contributed by atoms with van der Waals surface area (Å²) in [5, 5.41) is 13.4. The van der Waals surface area contributed by atoms with E-state index in [4.69, 9.17) is 0 Å². The van der Waals surface area contributed by atoms with Crippen molar-refractivity contribution in [1.29, 1.82) is 0 Å². The molecule has 0 saturated carbocycles. The lowest BCUT2D eigenvalue weighted by molar-refractivity contribution is 0.157. The van der Waals surface area contributed by atoms with Crippen molar-refractivity contribution >= 4 is 22.8 Å². The summed E-state index contributed by atoms with van der Waals surface area (Å²) < 4.78 is 0. The second-order valence-electron chi connectivity index (χ2n) is 6.38. The SMILES string of the molecule is CN(C)c1cc(CNC(=O)N2CCC[C@@H]2CO)c2ccccc2n1. The molecule has 1 aromatic carbocycles. The van der Waals surface area contributed by atoms with Crippen molar-refractivity contribution in [3.63, 3.8) is 0 Å². The van der Waals surface area contributed by atoms with Crippen LogP contribution in [0.4, 0.5) is 10.6 Å². The fourth-order valence-electron chi connectivity index (χ4n) is 3.17. The van der Waals surface area contributed by atoms with Crippen LogP contribution in [0.3, 0.4) is 0 Å². The highest BCUT2D eigenvalue weighted by atomic mass is 16.3. The third-order valence-corrected chi connectivity index (χ3v) is 4.53. The quantitative estimate of drug-likeness (QED) is 0.900. The number of aromatic nitrogens is 1. The molecule has 0 aliphatic carbocycles. The van der Waals surface area contributed by atoms with Crippen molar-refractivity contribution in [2.24, 2.45) is 0 Å². The van der Waals surface area contributed by atoms with Crippen molar-refractivity contribution in [3.8, 4) is 0 Å². The third kappa shape index (κ3) is 3.28. The Morgan fingerprint density at radius 2 is 2.21 bits per heavy atom. The number of aliphatic hydroxyl groups is 1. The molecule has 2 N–H and O–H groups in total. The van der Waals surface area contributed by atoms with Crippen LogP contribution in [0.25, 0.3) is 10.9 Å². The number of carbonyl (C=O) groups excluding carboxylic acids is 1. The van der Waals surface area contributed by atoms with E-state index in [-0.39, 0.29) is 18.7 Å². The molecule has 0 bridgehead atoms. The van der Waals surface area contributed by atoms with E-state index >= 15 is 0 Å². The lowest BCUT2D eigenvalue weighted by Gasteiger charge is -2.23. The monoisotopic (exact) mass is 328 g/mol. The average Bonchev–Trinajstić information content (AvgIpc) is 3.07. The Morgan fingerprint density at radius 3 is 2.96 bits per heavy atom. The summed E-state index contributed by atoms with van der Waals surface area (Å²) in [5.74, 6) is 0.868. The number of amides is 2. The molecule has 6 nitrogen and oxygen atoms in total. The number of pyridine rings is 1. The first-order valence-electron chi connectivity index (χ1n) is 8.31. The smallest absolute Gasteiger partial charge is 0.317 e. The van der Waals surface area contributed by atoms with E-state index < -0.39 is 0 Å². The third-order valence-electron chi connectivity index (χ3n) is 4.53. The standard InChI is InChI=1S/C18H24N4O2/c1-21(2)17-10-13(15-7-3-4-8-16(15)20-17)11-19-18(24)22-9-5-6-14(22)12-23/h3-4,7-8,10,14,23H,5-6,9,11-12H2,1-2H3,(H,19,24)/t14-/m1/s1. The number of para-hydroxylation sites is 1. The maximum Gasteiger partial charge on any atom is 0.317 e. The molecule has 1 aromatic heterocycles. The molecule has 0 spiro atoms. The molecule has 1 aliphatic heterocycles. The summed E-state index contributed by atoms with van der Waals surface area (Å²) in [5.41, 5.74) is 1.96. The maximum absolute atomic E-state index is 12.4. The second kappa shape index (κ2) is 7.05. The van der Waals surface area contributed by atoms with Crippen LogP contribution < -0.4 is 10.2 Å². The Bertz CT molecular complexity index is 732. The zero-order valence-corrected chi connectivity index (χ0v) is 14.2. The zero-order chi connectivity index (χ0) is 17.1. The molecule has 1 saturated heterocycles. The molecule has 6 heteroatoms. The molecule has 0 radical (unpaired) electrons. The minimum absolute atomic E-state index is 0.0242. The number of likely N-dealkylation sites (tertiary alicyclic amines) is 1. The molecule has 1 atom stereocenters. The number of nitrogens with zero attached hydrogens (tertiary/aromatic N) is 3. The summed E-state index contributed by atoms with van der Waals surface area (Å²) in [7, 11) is 3.91. The van der Waals surface area contributed by atoms with Crippen molar-refractivity contribution in [2.75, 3.05) is 32.1 Å². The first-order valence-corrected chi connectivity index (χ1v) is 8.31. The molecule has 128 valence electrons. The van der Waals surface area contributed by atoms with E-state index in [1.807, 2.05) is 49.3 Å². The number of benzene rings is 1. The predicted octanol–water partition coefficient (Wildman–Crippen LogP) is 1.97. The van der Waals surface area contributed by atoms with Gasteiger partial charge in [-0.3, -0.25) is 0 Å². The number of carbonyl (C=O) groups is 1. The van der Waals surface area contributed by atoms with Gasteiger partial charge in [-0.25, -0.2) is 9.78 Å². The van der Waals surface area contributed by atoms with E-state index in [1.165, 1.54) is 0 Å². The molecule has 2 amide bonds. The lowest BCUT2D eigenvalue weighted by atomic mass is 10.1. The number of anilines is 1. The largest absolute Gasteiger partial charge is 0.394 e. The molecule has 2 aromatic rings. The molecule has 2 heterocycles. The van der Waals surface area contributed by atoms with Gasteiger partial charge in [0.1, 0.15) is 5.82 Å². The highest BCUT2D eigenvalue weighted by molar-refractivity contribution is 5.84. The first-order chi connectivity index (χ1) is 11.6. The van der Waals surface area contributed by atoms with Gasteiger partial charge in [0.25, 0.3) is 0 Å². The van der Waals surface area contributed by atoms with Crippen LogP contribution >= 0.6 is 0 Å². The van der Waals surface area contributed by atoms with Gasteiger partial charge in [0.05, 0.1) is 18.2 Å². The topological polar surface area (TPSA) is 68.7 Å². The number of rotatable bonds is 4. The molecular formula is C18H24N4O2. The van der Waals surface area contributed by atoms with Crippen LogP contribution in [0.15, 0.2) is 30.3 Å². The molecule has 1 fully saturated rings. The highest BCUT2D eigenvalue weighted by Gasteiger charge is 2.27. The van der Waals surface area contributed by atoms with Gasteiger partial charge in [-0.05, 0) is 30.5 Å². The molecular weight excluding hydrogens is 304 g/mol. The summed E-state index contributed by atoms with van der Waals surface area (Å²) in [4.78, 5) is 20.7. The van der Waals surface area contributed by atoms with E-state index in [9.17, 15) is 9.90 Å². The number of nitrogens with one attached hydrogen (secondary N) is 1. The molecule has 3 rings (SSSR count). The van der Waals surface area contributed by atoms with E-state index in [0.717, 1.165) is 35.1 Å². The number of urea groups is 1. The van der Waals surface area contributed by atoms with Crippen LogP contribution in [-0.4, -0.2) is 54.3 Å². The van der Waals surface area contributed by atoms with E-state index in [1.54, 1.807) is 4.90 Å². The van der Waals surface area contributed by atoms with E-state index in [2.05, 4.69) is 10.3 Å². The number of hydrogen-bond acceptors (Lipinski definition) is 4. The normalized spacial score (nSPS) is 17.3. The van der Waals surface area contributed by atoms with Gasteiger partial charge < -0.3 is 20.2 Å². The lowest BCUT2D eigenvalue weighted by Crippen LogP contribution is -2.43. The molecule has 1 aliphatic rings. The summed E-state index contributed by atoms with van der Waals surface area (Å²) in [6.45, 7) is 1.17. The van der Waals surface area contributed by atoms with Gasteiger partial charge in [0.2, 0.25) is 0 Å². The van der Waals surface area contributed by atoms with Crippen LogP contribution in [-0.2, 0) is 6.54 Å². The van der Waals surface area contributed by atoms with Gasteiger partial charge in [0.15, 0.2) is 0 Å². The minimum Gasteiger partial charge on any atom is -0.394 e. The van der Waals surface area contributed by atoms with Crippen molar-refractivity contribution in [1.82, 2.24) is 15.2 Å². The number of aliphatic hydroxyl groups excluding tert-OH is 1. The summed E-state index contributed by atoms with van der Waals surface area (Å²) in [6.07, 6.45) is 1.81. The Hall–Kier alpha value is -2.34. The number of fused-ring (bicyclic) bond motifs is 1. The Morgan fingerprint density at radius 1 is 1.42 bits per heavy atom. The number of hydrogen-bond donors (Lipinski definition) is 2. The van der Waals surface area contributed by atoms with Crippen molar-refractivity contribution in [3.05, 3.63) is 35.9 Å². The highest BCUT2D eigenvalue weighted by Crippen LogP contribution is 2.22. The van der Waals surface area contributed by atoms with E-state index in [0.29, 0.717) is 13.1 Å². The van der Waals surface area contributed by atoms with Crippen LogP contribution in [0.2, 0.25) is 0 Å². The Kier molecular flexibility index (Phi) is 4.85. The van der Waals surface area contributed by atoms with Gasteiger partial charge in [0, 0.05) is 32.6 Å². The van der Waals surface area contributed by atoms with Gasteiger partial charge >= 0.3 is 6.03 Å².